The molecule has 0 atom stereocenters. The fourth-order valence-corrected chi connectivity index (χ4v) is 3.52. The van der Waals surface area contributed by atoms with Crippen molar-refractivity contribution >= 4 is 24.3 Å². The van der Waals surface area contributed by atoms with Gasteiger partial charge in [-0.15, -0.1) is 0 Å². The maximum absolute atomic E-state index is 12.4. The number of carboxylic acids is 2. The van der Waals surface area contributed by atoms with Crippen molar-refractivity contribution in [1.29, 1.82) is 0 Å². The van der Waals surface area contributed by atoms with Crippen molar-refractivity contribution in [3.8, 4) is 0 Å². The molecule has 1 fully saturated rings. The smallest absolute Gasteiger partial charge is 0.317 e. The third-order valence-electron chi connectivity index (χ3n) is 5.38. The minimum absolute atomic E-state index is 0.0628. The average Bonchev–Trinajstić information content (AvgIpc) is 2.79. The van der Waals surface area contributed by atoms with Crippen LogP contribution in [0.15, 0.2) is 0 Å². The Morgan fingerprint density at radius 2 is 1.17 bits per heavy atom. The molecule has 0 unspecified atom stereocenters. The van der Waals surface area contributed by atoms with Gasteiger partial charge in [-0.3, -0.25) is 33.9 Å². The molecule has 0 bridgehead atoms. The molecular weight excluding hydrogens is 462 g/mol. The molecule has 0 aromatic carbocycles. The molecule has 0 radical (unpaired) electrons. The van der Waals surface area contributed by atoms with E-state index in [1.165, 1.54) is 0 Å². The van der Waals surface area contributed by atoms with Gasteiger partial charge in [0, 0.05) is 65.5 Å². The first-order chi connectivity index (χ1) is 16.7. The Kier molecular flexibility index (Phi) is 19.6. The van der Waals surface area contributed by atoms with Crippen molar-refractivity contribution < 1.29 is 39.2 Å². The highest BCUT2D eigenvalue weighted by atomic mass is 16.5. The Balaban J connectivity index is 0.00000365. The minimum atomic E-state index is -0.921. The topological polar surface area (TPSA) is 163 Å². The summed E-state index contributed by atoms with van der Waals surface area (Å²) < 4.78 is 5.39. The van der Waals surface area contributed by atoms with Gasteiger partial charge in [0.1, 0.15) is 0 Å². The second kappa shape index (κ2) is 21.0. The largest absolute Gasteiger partial charge is 0.483 e. The number of amides is 1. The summed E-state index contributed by atoms with van der Waals surface area (Å²) in [6.07, 6.45) is 0.941. The van der Waals surface area contributed by atoms with Crippen LogP contribution in [0.25, 0.3) is 0 Å². The van der Waals surface area contributed by atoms with Crippen molar-refractivity contribution in [2.45, 2.75) is 20.3 Å². The highest BCUT2D eigenvalue weighted by Crippen LogP contribution is 2.01. The molecule has 4 N–H and O–H groups in total. The van der Waals surface area contributed by atoms with Crippen LogP contribution in [0.5, 0.6) is 0 Å². The van der Waals surface area contributed by atoms with Gasteiger partial charge in [-0.25, -0.2) is 0 Å². The van der Waals surface area contributed by atoms with Crippen LogP contribution >= 0.6 is 0 Å². The van der Waals surface area contributed by atoms with Gasteiger partial charge in [0.15, 0.2) is 0 Å². The lowest BCUT2D eigenvalue weighted by molar-refractivity contribution is -0.140. The molecule has 0 aromatic rings. The first-order valence-electron chi connectivity index (χ1n) is 12.0. The molecule has 1 heterocycles. The molecule has 35 heavy (non-hydrogen) atoms. The van der Waals surface area contributed by atoms with Crippen LogP contribution in [0.2, 0.25) is 0 Å². The Bertz CT molecular complexity index is 610. The van der Waals surface area contributed by atoms with Crippen molar-refractivity contribution in [1.82, 2.24) is 24.9 Å². The summed E-state index contributed by atoms with van der Waals surface area (Å²) in [4.78, 5) is 51.2. The van der Waals surface area contributed by atoms with E-state index in [-0.39, 0.29) is 32.0 Å². The molecule has 1 saturated heterocycles. The fourth-order valence-electron chi connectivity index (χ4n) is 3.52. The van der Waals surface area contributed by atoms with Crippen molar-refractivity contribution in [2.75, 3.05) is 98.3 Å². The summed E-state index contributed by atoms with van der Waals surface area (Å²) in [7, 11) is 0. The lowest BCUT2D eigenvalue weighted by atomic mass is 10.3. The molecule has 204 valence electrons. The van der Waals surface area contributed by atoms with Gasteiger partial charge in [-0.05, 0) is 13.0 Å². The van der Waals surface area contributed by atoms with E-state index in [4.69, 9.17) is 14.6 Å². The quantitative estimate of drug-likeness (QED) is 0.182. The Morgan fingerprint density at radius 1 is 0.771 bits per heavy atom. The predicted molar refractivity (Wildman–Crippen MR) is 130 cm³/mol. The molecule has 1 rings (SSSR count). The number of ether oxygens (including phenoxy) is 1. The zero-order chi connectivity index (χ0) is 26.5. The summed E-state index contributed by atoms with van der Waals surface area (Å²) in [6.45, 7) is 11.1. The van der Waals surface area contributed by atoms with Gasteiger partial charge in [0.05, 0.1) is 26.2 Å². The molecule has 1 aliphatic heterocycles. The summed E-state index contributed by atoms with van der Waals surface area (Å²) >= 11 is 0. The Morgan fingerprint density at radius 3 is 1.54 bits per heavy atom. The van der Waals surface area contributed by atoms with E-state index >= 15 is 0 Å². The highest BCUT2D eigenvalue weighted by Gasteiger charge is 2.19. The van der Waals surface area contributed by atoms with Crippen molar-refractivity contribution in [2.24, 2.45) is 0 Å². The molecule has 0 aromatic heterocycles. The van der Waals surface area contributed by atoms with E-state index in [2.05, 4.69) is 22.0 Å². The third-order valence-corrected chi connectivity index (χ3v) is 5.38. The van der Waals surface area contributed by atoms with E-state index < -0.39 is 11.9 Å². The highest BCUT2D eigenvalue weighted by molar-refractivity contribution is 5.78. The second-order valence-corrected chi connectivity index (χ2v) is 8.12. The van der Waals surface area contributed by atoms with Gasteiger partial charge in [-0.1, -0.05) is 13.8 Å². The number of carbonyl (C=O) groups excluding carboxylic acids is 1. The number of hydrogen-bond acceptors (Lipinski definition) is 9. The van der Waals surface area contributed by atoms with Crippen LogP contribution < -0.4 is 5.32 Å². The average molecular weight is 506 g/mol. The maximum Gasteiger partial charge on any atom is 0.317 e. The van der Waals surface area contributed by atoms with Crippen LogP contribution in [0.4, 0.5) is 0 Å². The van der Waals surface area contributed by atoms with E-state index in [1.807, 2.05) is 11.8 Å². The SMILES string of the molecule is CCCOCCNC(=O)CN1CCN(CC)CCN(CC(=O)O)CCN(CC(=O)O)CC1.O=CO. The number of nitrogens with zero attached hydrogens (tertiary/aromatic N) is 4. The molecule has 13 heteroatoms. The fraction of sp³-hybridized carbons (Fsp3) is 0.818. The number of aliphatic carboxylic acids is 2. The first kappa shape index (κ1) is 32.7. The summed E-state index contributed by atoms with van der Waals surface area (Å²) in [6, 6.07) is 0. The monoisotopic (exact) mass is 505 g/mol. The number of likely N-dealkylation sites (N-methyl/N-ethyl adjacent to an activating group) is 1. The summed E-state index contributed by atoms with van der Waals surface area (Å²) in [5, 5.41) is 28.2. The number of carboxylic acid groups (broad SMARTS) is 3. The molecule has 0 spiro atoms. The van der Waals surface area contributed by atoms with Gasteiger partial charge in [0.2, 0.25) is 5.91 Å². The standard InChI is InChI=1S/C21H41N5O6.CH2O2/c1-3-14-32-15-5-22-19(27)16-24-8-6-23(4-2)7-9-25(17-20(28)29)12-13-26(11-10-24)18-21(30)31;2-1-3/h3-18H2,1-2H3,(H,22,27)(H,28,29)(H,30,31);1H,(H,2,3). The number of rotatable bonds is 12. The number of nitrogens with one attached hydrogen (secondary N) is 1. The van der Waals surface area contributed by atoms with Crippen LogP contribution in [-0.4, -0.2) is 158 Å². The minimum Gasteiger partial charge on any atom is -0.483 e. The van der Waals surface area contributed by atoms with Crippen LogP contribution in [-0.2, 0) is 23.9 Å². The van der Waals surface area contributed by atoms with Crippen molar-refractivity contribution in [3.05, 3.63) is 0 Å². The van der Waals surface area contributed by atoms with E-state index in [1.54, 1.807) is 4.90 Å². The molecule has 0 aliphatic carbocycles. The molecule has 0 saturated carbocycles. The summed E-state index contributed by atoms with van der Waals surface area (Å²) in [5.74, 6) is -1.88. The lowest BCUT2D eigenvalue weighted by Crippen LogP contribution is -2.49. The molecular formula is C22H43N5O8. The van der Waals surface area contributed by atoms with Crippen LogP contribution in [0.1, 0.15) is 20.3 Å². The van der Waals surface area contributed by atoms with E-state index in [0.29, 0.717) is 59.0 Å². The lowest BCUT2D eigenvalue weighted by Gasteiger charge is -2.33. The second-order valence-electron chi connectivity index (χ2n) is 8.12. The van der Waals surface area contributed by atoms with Gasteiger partial charge >= 0.3 is 11.9 Å². The van der Waals surface area contributed by atoms with Gasteiger partial charge < -0.3 is 30.3 Å². The van der Waals surface area contributed by atoms with Crippen LogP contribution in [0.3, 0.4) is 0 Å². The number of carbonyl (C=O) groups is 4. The maximum atomic E-state index is 12.4. The molecule has 13 nitrogen and oxygen atoms in total. The Labute approximate surface area is 207 Å². The molecule has 1 aliphatic rings. The Hall–Kier alpha value is -2.32. The van der Waals surface area contributed by atoms with Crippen molar-refractivity contribution in [3.63, 3.8) is 0 Å². The first-order valence-corrected chi connectivity index (χ1v) is 12.0. The predicted octanol–water partition coefficient (Wildman–Crippen LogP) is -1.36. The van der Waals surface area contributed by atoms with E-state index in [0.717, 1.165) is 26.1 Å². The van der Waals surface area contributed by atoms with Gasteiger partial charge in [0.25, 0.3) is 6.47 Å². The normalized spacial score (nSPS) is 17.3. The van der Waals surface area contributed by atoms with Crippen LogP contribution in [0, 0.1) is 0 Å². The van der Waals surface area contributed by atoms with E-state index in [9.17, 15) is 24.6 Å². The molecule has 1 amide bonds. The summed E-state index contributed by atoms with van der Waals surface area (Å²) in [5.41, 5.74) is 0. The van der Waals surface area contributed by atoms with Gasteiger partial charge in [-0.2, -0.15) is 0 Å². The zero-order valence-electron chi connectivity index (χ0n) is 21.1. The zero-order valence-corrected chi connectivity index (χ0v) is 21.1. The number of hydrogen-bond donors (Lipinski definition) is 4. The third kappa shape index (κ3) is 18.7.